The molecule has 1 aromatic carbocycles. The maximum atomic E-state index is 13.5. The van der Waals surface area contributed by atoms with Crippen LogP contribution in [0.3, 0.4) is 0 Å². The van der Waals surface area contributed by atoms with Crippen LogP contribution < -0.4 is 16.0 Å². The summed E-state index contributed by atoms with van der Waals surface area (Å²) in [6.07, 6.45) is 8.36. The van der Waals surface area contributed by atoms with Gasteiger partial charge in [-0.25, -0.2) is 9.50 Å². The van der Waals surface area contributed by atoms with Crippen LogP contribution in [0, 0.1) is 16.7 Å². The van der Waals surface area contributed by atoms with E-state index in [4.69, 9.17) is 16.1 Å². The SMILES string of the molecule is CN/C=C(\C=N)c1cc(-c2ccc(N3CCN(C(=O)C4(c5ccccc5)CC4)CC3)nc2)c2c(C#N)c(N)nn2c1. The molecule has 4 N–H and O–H groups in total. The zero-order valence-electron chi connectivity index (χ0n) is 22.8. The van der Waals surface area contributed by atoms with Crippen molar-refractivity contribution < 1.29 is 4.79 Å². The molecule has 1 saturated carbocycles. The monoisotopic (exact) mass is 545 g/mol. The number of amides is 1. The third-order valence-corrected chi connectivity index (χ3v) is 8.09. The summed E-state index contributed by atoms with van der Waals surface area (Å²) in [6.45, 7) is 2.73. The summed E-state index contributed by atoms with van der Waals surface area (Å²) in [5.74, 6) is 1.22. The van der Waals surface area contributed by atoms with Crippen LogP contribution in [0.4, 0.5) is 11.6 Å². The first-order chi connectivity index (χ1) is 20.0. The number of carbonyl (C=O) groups is 1. The minimum absolute atomic E-state index is 0.150. The average molecular weight is 546 g/mol. The van der Waals surface area contributed by atoms with Crippen LogP contribution in [0.1, 0.15) is 29.5 Å². The number of anilines is 2. The van der Waals surface area contributed by atoms with Crippen molar-refractivity contribution in [2.75, 3.05) is 43.9 Å². The van der Waals surface area contributed by atoms with E-state index in [0.717, 1.165) is 40.9 Å². The number of hydrogen-bond acceptors (Lipinski definition) is 8. The van der Waals surface area contributed by atoms with Crippen molar-refractivity contribution in [1.82, 2.24) is 24.8 Å². The van der Waals surface area contributed by atoms with Gasteiger partial charge in [0.15, 0.2) is 5.82 Å². The Morgan fingerprint density at radius 2 is 1.90 bits per heavy atom. The topological polar surface area (TPSA) is 139 Å². The molecule has 206 valence electrons. The normalized spacial score (nSPS) is 16.3. The number of hydrogen-bond donors (Lipinski definition) is 3. The van der Waals surface area contributed by atoms with E-state index in [2.05, 4.69) is 33.5 Å². The summed E-state index contributed by atoms with van der Waals surface area (Å²) < 4.78 is 1.60. The lowest BCUT2D eigenvalue weighted by molar-refractivity contribution is -0.134. The number of nitrogen functional groups attached to an aromatic ring is 1. The number of pyridine rings is 2. The fraction of sp³-hybridized carbons (Fsp3) is 0.258. The summed E-state index contributed by atoms with van der Waals surface area (Å²) >= 11 is 0. The van der Waals surface area contributed by atoms with E-state index in [-0.39, 0.29) is 17.1 Å². The molecular weight excluding hydrogens is 514 g/mol. The largest absolute Gasteiger partial charge is 0.393 e. The van der Waals surface area contributed by atoms with Gasteiger partial charge in [0.25, 0.3) is 0 Å². The third-order valence-electron chi connectivity index (χ3n) is 8.09. The Morgan fingerprint density at radius 3 is 2.51 bits per heavy atom. The van der Waals surface area contributed by atoms with Crippen molar-refractivity contribution in [1.29, 1.82) is 10.7 Å². The van der Waals surface area contributed by atoms with Crippen LogP contribution in [0.25, 0.3) is 22.2 Å². The van der Waals surface area contributed by atoms with Crippen molar-refractivity contribution in [2.24, 2.45) is 0 Å². The molecule has 1 aliphatic carbocycles. The molecule has 2 aliphatic rings. The standard InChI is InChI=1S/C31H31N9O/c1-35-18-23(16-32)22-15-25(28-26(17-33)29(34)37-40(28)20-22)21-7-8-27(36-19-21)38-11-13-39(14-12-38)30(41)31(9-10-31)24-5-3-2-4-6-24/h2-8,15-16,18-20,32,35H,9-14H2,1H3,(H2,34,37)/b23-18+,32-16?. The second-order valence-corrected chi connectivity index (χ2v) is 10.5. The number of nitrogens with zero attached hydrogens (tertiary/aromatic N) is 6. The Labute approximate surface area is 238 Å². The Balaban J connectivity index is 1.24. The van der Waals surface area contributed by atoms with Crippen molar-refractivity contribution in [3.05, 3.63) is 83.8 Å². The number of carbonyl (C=O) groups excluding carboxylic acids is 1. The molecule has 6 rings (SSSR count). The lowest BCUT2D eigenvalue weighted by atomic mass is 9.94. The van der Waals surface area contributed by atoms with Crippen LogP contribution in [0.15, 0.2) is 67.1 Å². The quantitative estimate of drug-likeness (QED) is 0.302. The van der Waals surface area contributed by atoms with Gasteiger partial charge in [-0.1, -0.05) is 30.3 Å². The fourth-order valence-electron chi connectivity index (χ4n) is 5.73. The molecule has 2 fully saturated rings. The van der Waals surface area contributed by atoms with Crippen LogP contribution >= 0.6 is 0 Å². The van der Waals surface area contributed by atoms with Gasteiger partial charge in [-0.15, -0.1) is 5.10 Å². The Hall–Kier alpha value is -5.17. The second-order valence-electron chi connectivity index (χ2n) is 10.5. The minimum Gasteiger partial charge on any atom is -0.393 e. The highest BCUT2D eigenvalue weighted by atomic mass is 16.2. The Bertz CT molecular complexity index is 1690. The van der Waals surface area contributed by atoms with Crippen LogP contribution in [0.5, 0.6) is 0 Å². The molecule has 10 heteroatoms. The van der Waals surface area contributed by atoms with Crippen LogP contribution in [0.2, 0.25) is 0 Å². The van der Waals surface area contributed by atoms with Crippen molar-refractivity contribution in [2.45, 2.75) is 18.3 Å². The maximum absolute atomic E-state index is 13.5. The molecule has 41 heavy (non-hydrogen) atoms. The number of aromatic nitrogens is 3. The average Bonchev–Trinajstić information content (AvgIpc) is 3.77. The molecule has 4 heterocycles. The van der Waals surface area contributed by atoms with Gasteiger partial charge >= 0.3 is 0 Å². The molecule has 1 saturated heterocycles. The predicted octanol–water partition coefficient (Wildman–Crippen LogP) is 3.44. The molecule has 0 bridgehead atoms. The van der Waals surface area contributed by atoms with Crippen molar-refractivity contribution in [3.8, 4) is 17.2 Å². The van der Waals surface area contributed by atoms with Gasteiger partial charge in [-0.05, 0) is 36.6 Å². The Kier molecular flexibility index (Phi) is 6.63. The summed E-state index contributed by atoms with van der Waals surface area (Å²) in [7, 11) is 1.77. The van der Waals surface area contributed by atoms with Gasteiger partial charge in [0, 0.05) is 80.3 Å². The molecular formula is C31H31N9O. The number of allylic oxidation sites excluding steroid dienone is 1. The number of piperazine rings is 1. The lowest BCUT2D eigenvalue weighted by Crippen LogP contribution is -2.51. The number of nitriles is 1. The summed E-state index contributed by atoms with van der Waals surface area (Å²) in [4.78, 5) is 22.4. The molecule has 1 amide bonds. The molecule has 0 atom stereocenters. The molecule has 0 radical (unpaired) electrons. The molecule has 3 aromatic heterocycles. The summed E-state index contributed by atoms with van der Waals surface area (Å²) in [5.41, 5.74) is 10.7. The van der Waals surface area contributed by atoms with E-state index in [0.29, 0.717) is 42.8 Å². The van der Waals surface area contributed by atoms with E-state index < -0.39 is 0 Å². The number of nitrogens with one attached hydrogen (secondary N) is 2. The molecule has 10 nitrogen and oxygen atoms in total. The van der Waals surface area contributed by atoms with Crippen molar-refractivity contribution in [3.63, 3.8) is 0 Å². The molecule has 0 unspecified atom stereocenters. The van der Waals surface area contributed by atoms with Gasteiger partial charge in [0.05, 0.1) is 10.9 Å². The van der Waals surface area contributed by atoms with E-state index in [1.807, 2.05) is 41.3 Å². The van der Waals surface area contributed by atoms with E-state index >= 15 is 0 Å². The molecule has 4 aromatic rings. The predicted molar refractivity (Wildman–Crippen MR) is 160 cm³/mol. The van der Waals surface area contributed by atoms with Gasteiger partial charge in [0.2, 0.25) is 5.91 Å². The zero-order valence-corrected chi connectivity index (χ0v) is 22.8. The van der Waals surface area contributed by atoms with E-state index in [9.17, 15) is 10.1 Å². The summed E-state index contributed by atoms with van der Waals surface area (Å²) in [6, 6.07) is 18.2. The first-order valence-corrected chi connectivity index (χ1v) is 13.7. The fourth-order valence-corrected chi connectivity index (χ4v) is 5.73. The highest BCUT2D eigenvalue weighted by molar-refractivity contribution is 6.09. The van der Waals surface area contributed by atoms with Crippen molar-refractivity contribution >= 4 is 34.8 Å². The van der Waals surface area contributed by atoms with Crippen LogP contribution in [-0.2, 0) is 10.2 Å². The van der Waals surface area contributed by atoms with Gasteiger partial charge in [0.1, 0.15) is 17.5 Å². The number of fused-ring (bicyclic) bond motifs is 1. The smallest absolute Gasteiger partial charge is 0.233 e. The maximum Gasteiger partial charge on any atom is 0.233 e. The highest BCUT2D eigenvalue weighted by Crippen LogP contribution is 2.49. The minimum atomic E-state index is -0.345. The molecule has 1 aliphatic heterocycles. The van der Waals surface area contributed by atoms with Crippen LogP contribution in [-0.4, -0.2) is 64.8 Å². The highest BCUT2D eigenvalue weighted by Gasteiger charge is 2.53. The number of benzene rings is 1. The van der Waals surface area contributed by atoms with Gasteiger partial charge < -0.3 is 26.3 Å². The van der Waals surface area contributed by atoms with Gasteiger partial charge in [-0.3, -0.25) is 4.79 Å². The van der Waals surface area contributed by atoms with Gasteiger partial charge in [-0.2, -0.15) is 5.26 Å². The summed E-state index contributed by atoms with van der Waals surface area (Å²) in [5, 5.41) is 24.9. The number of nitrogens with two attached hydrogens (primary N) is 1. The third kappa shape index (κ3) is 4.55. The second kappa shape index (κ2) is 10.4. The first kappa shape index (κ1) is 26.1. The zero-order chi connectivity index (χ0) is 28.6. The first-order valence-electron chi connectivity index (χ1n) is 13.7. The lowest BCUT2D eigenvalue weighted by Gasteiger charge is -2.37. The van der Waals surface area contributed by atoms with E-state index in [1.165, 1.54) is 6.21 Å². The number of rotatable bonds is 7. The molecule has 0 spiro atoms. The van der Waals surface area contributed by atoms with E-state index in [1.54, 1.807) is 30.2 Å². The Morgan fingerprint density at radius 1 is 1.15 bits per heavy atom.